The highest BCUT2D eigenvalue weighted by molar-refractivity contribution is 6.30. The van der Waals surface area contributed by atoms with Crippen LogP contribution in [0.15, 0.2) is 29.4 Å². The predicted molar refractivity (Wildman–Crippen MR) is 102 cm³/mol. The van der Waals surface area contributed by atoms with Gasteiger partial charge in [0.25, 0.3) is 0 Å². The Morgan fingerprint density at radius 3 is 1.92 bits per heavy atom. The number of carbonyl (C=O) groups excluding carboxylic acids is 1. The van der Waals surface area contributed by atoms with Crippen molar-refractivity contribution in [2.75, 3.05) is 0 Å². The van der Waals surface area contributed by atoms with Gasteiger partial charge in [0.15, 0.2) is 0 Å². The quantitative estimate of drug-likeness (QED) is 0.703. The van der Waals surface area contributed by atoms with Gasteiger partial charge in [-0.3, -0.25) is 4.79 Å². The summed E-state index contributed by atoms with van der Waals surface area (Å²) in [6, 6.07) is 7.38. The molecule has 1 amide bonds. The third kappa shape index (κ3) is 7.96. The molecule has 1 aliphatic carbocycles. The number of halogens is 1. The van der Waals surface area contributed by atoms with E-state index in [2.05, 4.69) is 10.5 Å². The van der Waals surface area contributed by atoms with Crippen LogP contribution in [0.4, 0.5) is 0 Å². The summed E-state index contributed by atoms with van der Waals surface area (Å²) in [5.41, 5.74) is 4.85. The predicted octanol–water partition coefficient (Wildman–Crippen LogP) is 5.66. The summed E-state index contributed by atoms with van der Waals surface area (Å²) in [6.45, 7) is 0. The van der Waals surface area contributed by atoms with Crippen molar-refractivity contribution < 1.29 is 4.79 Å². The van der Waals surface area contributed by atoms with Crippen LogP contribution >= 0.6 is 11.6 Å². The number of carbonyl (C=O) groups is 1. The summed E-state index contributed by atoms with van der Waals surface area (Å²) < 4.78 is 0. The van der Waals surface area contributed by atoms with E-state index >= 15 is 0 Å². The van der Waals surface area contributed by atoms with Gasteiger partial charge in [0, 0.05) is 10.7 Å². The largest absolute Gasteiger partial charge is 0.273 e. The number of hydrogen-bond donors (Lipinski definition) is 1. The van der Waals surface area contributed by atoms with Crippen LogP contribution < -0.4 is 5.43 Å². The van der Waals surface area contributed by atoms with Crippen molar-refractivity contribution in [3.8, 4) is 0 Å². The standard InChI is InChI=1S/C20H29ClN2O/c21-18-14-12-17(13-15-18)16-20(24)23-22-19-10-8-6-4-2-1-3-5-7-9-11-19/h12-15H,1-11,16H2,(H,23,24). The molecule has 1 aromatic carbocycles. The maximum Gasteiger partial charge on any atom is 0.244 e. The van der Waals surface area contributed by atoms with Crippen molar-refractivity contribution in [1.29, 1.82) is 0 Å². The number of hydrogen-bond acceptors (Lipinski definition) is 2. The molecule has 132 valence electrons. The van der Waals surface area contributed by atoms with Crippen LogP contribution in [0.2, 0.25) is 5.02 Å². The Kier molecular flexibility index (Phi) is 8.90. The number of amides is 1. The van der Waals surface area contributed by atoms with Crippen LogP contribution in [0.5, 0.6) is 0 Å². The molecule has 0 atom stereocenters. The number of benzene rings is 1. The van der Waals surface area contributed by atoms with Crippen molar-refractivity contribution in [3.05, 3.63) is 34.9 Å². The Hall–Kier alpha value is -1.35. The minimum Gasteiger partial charge on any atom is -0.273 e. The number of nitrogens with one attached hydrogen (secondary N) is 1. The maximum atomic E-state index is 12.1. The smallest absolute Gasteiger partial charge is 0.244 e. The summed E-state index contributed by atoms with van der Waals surface area (Å²) in [5, 5.41) is 5.10. The van der Waals surface area contributed by atoms with Gasteiger partial charge in [-0.15, -0.1) is 0 Å². The van der Waals surface area contributed by atoms with Crippen molar-refractivity contribution in [1.82, 2.24) is 5.43 Å². The Bertz CT molecular complexity index is 511. The van der Waals surface area contributed by atoms with Gasteiger partial charge in [-0.05, 0) is 43.4 Å². The molecular weight excluding hydrogens is 320 g/mol. The highest BCUT2D eigenvalue weighted by Gasteiger charge is 2.06. The monoisotopic (exact) mass is 348 g/mol. The zero-order valence-electron chi connectivity index (χ0n) is 14.5. The molecule has 0 unspecified atom stereocenters. The zero-order valence-corrected chi connectivity index (χ0v) is 15.3. The number of rotatable bonds is 3. The van der Waals surface area contributed by atoms with Crippen molar-refractivity contribution >= 4 is 23.2 Å². The van der Waals surface area contributed by atoms with Crippen molar-refractivity contribution in [3.63, 3.8) is 0 Å². The molecule has 1 N–H and O–H groups in total. The fraction of sp³-hybridized carbons (Fsp3) is 0.600. The van der Waals surface area contributed by atoms with Crippen LogP contribution in [-0.4, -0.2) is 11.6 Å². The van der Waals surface area contributed by atoms with Crippen molar-refractivity contribution in [2.24, 2.45) is 5.10 Å². The van der Waals surface area contributed by atoms with E-state index in [0.717, 1.165) is 24.1 Å². The minimum atomic E-state index is -0.0593. The van der Waals surface area contributed by atoms with Crippen LogP contribution in [-0.2, 0) is 11.2 Å². The molecule has 2 rings (SSSR count). The van der Waals surface area contributed by atoms with E-state index in [4.69, 9.17) is 11.6 Å². The van der Waals surface area contributed by atoms with Crippen molar-refractivity contribution in [2.45, 2.75) is 77.0 Å². The molecule has 1 fully saturated rings. The topological polar surface area (TPSA) is 41.5 Å². The second-order valence-electron chi connectivity index (χ2n) is 6.70. The summed E-state index contributed by atoms with van der Waals surface area (Å²) in [5.74, 6) is -0.0593. The average molecular weight is 349 g/mol. The molecule has 1 aliphatic rings. The van der Waals surface area contributed by atoms with Gasteiger partial charge in [0.05, 0.1) is 6.42 Å². The van der Waals surface area contributed by atoms with Crippen LogP contribution in [0.1, 0.15) is 76.2 Å². The molecular formula is C20H29ClN2O. The number of hydrazone groups is 1. The normalized spacial score (nSPS) is 17.5. The summed E-state index contributed by atoms with van der Waals surface area (Å²) in [4.78, 5) is 12.1. The first-order chi connectivity index (χ1) is 11.7. The van der Waals surface area contributed by atoms with E-state index in [1.165, 1.54) is 57.8 Å². The average Bonchev–Trinajstić information content (AvgIpc) is 2.56. The van der Waals surface area contributed by atoms with E-state index in [9.17, 15) is 4.79 Å². The second kappa shape index (κ2) is 11.2. The van der Waals surface area contributed by atoms with E-state index in [0.29, 0.717) is 11.4 Å². The van der Waals surface area contributed by atoms with Gasteiger partial charge in [0.1, 0.15) is 0 Å². The third-order valence-corrected chi connectivity index (χ3v) is 4.80. The first kappa shape index (κ1) is 19.0. The highest BCUT2D eigenvalue weighted by Crippen LogP contribution is 2.15. The lowest BCUT2D eigenvalue weighted by Gasteiger charge is -2.10. The molecule has 0 aromatic heterocycles. The lowest BCUT2D eigenvalue weighted by Crippen LogP contribution is -2.21. The van der Waals surface area contributed by atoms with E-state index in [-0.39, 0.29) is 5.91 Å². The molecule has 0 heterocycles. The molecule has 4 heteroatoms. The van der Waals surface area contributed by atoms with E-state index in [1.807, 2.05) is 24.3 Å². The molecule has 1 aromatic rings. The van der Waals surface area contributed by atoms with Gasteiger partial charge < -0.3 is 0 Å². The molecule has 24 heavy (non-hydrogen) atoms. The summed E-state index contributed by atoms with van der Waals surface area (Å²) in [7, 11) is 0. The Morgan fingerprint density at radius 2 is 1.38 bits per heavy atom. The van der Waals surface area contributed by atoms with Gasteiger partial charge in [-0.1, -0.05) is 68.7 Å². The minimum absolute atomic E-state index is 0.0593. The molecule has 0 spiro atoms. The maximum absolute atomic E-state index is 12.1. The second-order valence-corrected chi connectivity index (χ2v) is 7.13. The van der Waals surface area contributed by atoms with Crippen LogP contribution in [0.3, 0.4) is 0 Å². The summed E-state index contributed by atoms with van der Waals surface area (Å²) >= 11 is 5.86. The molecule has 0 aliphatic heterocycles. The lowest BCUT2D eigenvalue weighted by molar-refractivity contribution is -0.120. The number of nitrogens with zero attached hydrogens (tertiary/aromatic N) is 1. The van der Waals surface area contributed by atoms with Crippen LogP contribution in [0, 0.1) is 0 Å². The molecule has 0 radical (unpaired) electrons. The summed E-state index contributed by atoms with van der Waals surface area (Å²) in [6.07, 6.45) is 14.1. The SMILES string of the molecule is O=C(Cc1ccc(Cl)cc1)NN=C1CCCCCCCCCCC1. The van der Waals surface area contributed by atoms with Gasteiger partial charge in [-0.25, -0.2) is 5.43 Å². The molecule has 0 saturated heterocycles. The first-order valence-electron chi connectivity index (χ1n) is 9.33. The van der Waals surface area contributed by atoms with E-state index in [1.54, 1.807) is 0 Å². The van der Waals surface area contributed by atoms with Gasteiger partial charge in [0.2, 0.25) is 5.91 Å². The molecule has 1 saturated carbocycles. The lowest BCUT2D eigenvalue weighted by atomic mass is 10.00. The Balaban J connectivity index is 1.81. The molecule has 3 nitrogen and oxygen atoms in total. The fourth-order valence-electron chi connectivity index (χ4n) is 3.10. The molecule has 0 bridgehead atoms. The Morgan fingerprint density at radius 1 is 0.875 bits per heavy atom. The zero-order chi connectivity index (χ0) is 17.0. The van der Waals surface area contributed by atoms with Crippen LogP contribution in [0.25, 0.3) is 0 Å². The highest BCUT2D eigenvalue weighted by atomic mass is 35.5. The Labute approximate surface area is 150 Å². The fourth-order valence-corrected chi connectivity index (χ4v) is 3.23. The third-order valence-electron chi connectivity index (χ3n) is 4.55. The van der Waals surface area contributed by atoms with E-state index < -0.39 is 0 Å². The van der Waals surface area contributed by atoms with Gasteiger partial charge >= 0.3 is 0 Å². The van der Waals surface area contributed by atoms with Gasteiger partial charge in [-0.2, -0.15) is 5.10 Å². The first-order valence-corrected chi connectivity index (χ1v) is 9.70.